The summed E-state index contributed by atoms with van der Waals surface area (Å²) in [5.74, 6) is 2.05. The molecule has 94 valence electrons. The molecule has 5 heteroatoms. The summed E-state index contributed by atoms with van der Waals surface area (Å²) < 4.78 is 10.8. The molecule has 2 rings (SSSR count). The van der Waals surface area contributed by atoms with Gasteiger partial charge in [0.05, 0.1) is 31.7 Å². The highest BCUT2D eigenvalue weighted by Gasteiger charge is 2.26. The zero-order valence-electron chi connectivity index (χ0n) is 10.1. The summed E-state index contributed by atoms with van der Waals surface area (Å²) >= 11 is 5.84. The first-order chi connectivity index (χ1) is 8.24. The van der Waals surface area contributed by atoms with Crippen LogP contribution < -0.4 is 9.64 Å². The number of halogens is 1. The van der Waals surface area contributed by atoms with Gasteiger partial charge in [0.15, 0.2) is 0 Å². The van der Waals surface area contributed by atoms with Crippen molar-refractivity contribution in [2.45, 2.75) is 19.1 Å². The number of nitrogens with zero attached hydrogens (tertiary/aromatic N) is 2. The third-order valence-corrected chi connectivity index (χ3v) is 3.23. The summed E-state index contributed by atoms with van der Waals surface area (Å²) in [4.78, 5) is 6.65. The Morgan fingerprint density at radius 2 is 2.41 bits per heavy atom. The molecule has 0 saturated carbocycles. The van der Waals surface area contributed by atoms with Crippen LogP contribution in [0.3, 0.4) is 0 Å². The van der Waals surface area contributed by atoms with Gasteiger partial charge in [-0.25, -0.2) is 0 Å². The standard InChI is InChI=1S/C12H17ClN2O2/c1-9-8-17-10(6-13)7-15(9)11-4-3-5-12(14-11)16-2/h3-5,9-10H,6-8H2,1-2H3. The Labute approximate surface area is 106 Å². The molecule has 1 aliphatic heterocycles. The average molecular weight is 257 g/mol. The molecule has 1 aromatic heterocycles. The molecule has 0 aromatic carbocycles. The van der Waals surface area contributed by atoms with Crippen molar-refractivity contribution in [2.24, 2.45) is 0 Å². The molecule has 2 heterocycles. The van der Waals surface area contributed by atoms with E-state index in [0.29, 0.717) is 24.4 Å². The van der Waals surface area contributed by atoms with E-state index >= 15 is 0 Å². The number of ether oxygens (including phenoxy) is 2. The number of anilines is 1. The summed E-state index contributed by atoms with van der Waals surface area (Å²) in [6.07, 6.45) is 0.0702. The lowest BCUT2D eigenvalue weighted by atomic mass is 10.2. The molecular weight excluding hydrogens is 240 g/mol. The van der Waals surface area contributed by atoms with Crippen molar-refractivity contribution >= 4 is 17.4 Å². The van der Waals surface area contributed by atoms with Gasteiger partial charge in [0.2, 0.25) is 5.88 Å². The predicted octanol–water partition coefficient (Wildman–Crippen LogP) is 1.92. The van der Waals surface area contributed by atoms with Crippen molar-refractivity contribution in [3.8, 4) is 5.88 Å². The van der Waals surface area contributed by atoms with Gasteiger partial charge in [-0.3, -0.25) is 0 Å². The fourth-order valence-electron chi connectivity index (χ4n) is 1.91. The Morgan fingerprint density at radius 1 is 1.59 bits per heavy atom. The predicted molar refractivity (Wildman–Crippen MR) is 68.1 cm³/mol. The van der Waals surface area contributed by atoms with Gasteiger partial charge in [-0.05, 0) is 13.0 Å². The van der Waals surface area contributed by atoms with Gasteiger partial charge in [0.1, 0.15) is 5.82 Å². The monoisotopic (exact) mass is 256 g/mol. The van der Waals surface area contributed by atoms with Crippen LogP contribution in [0.2, 0.25) is 0 Å². The Hall–Kier alpha value is -1.00. The van der Waals surface area contributed by atoms with E-state index in [9.17, 15) is 0 Å². The summed E-state index contributed by atoms with van der Waals surface area (Å²) in [6, 6.07) is 6.07. The molecule has 2 unspecified atom stereocenters. The van der Waals surface area contributed by atoms with Crippen LogP contribution in [-0.2, 0) is 4.74 Å². The lowest BCUT2D eigenvalue weighted by Gasteiger charge is -2.38. The van der Waals surface area contributed by atoms with Gasteiger partial charge in [-0.2, -0.15) is 4.98 Å². The van der Waals surface area contributed by atoms with E-state index < -0.39 is 0 Å². The van der Waals surface area contributed by atoms with E-state index in [1.807, 2.05) is 18.2 Å². The first kappa shape index (κ1) is 12.5. The molecule has 0 radical (unpaired) electrons. The minimum atomic E-state index is 0.0702. The van der Waals surface area contributed by atoms with Crippen LogP contribution in [0.15, 0.2) is 18.2 Å². The quantitative estimate of drug-likeness (QED) is 0.774. The smallest absolute Gasteiger partial charge is 0.214 e. The molecule has 0 spiro atoms. The highest BCUT2D eigenvalue weighted by molar-refractivity contribution is 6.18. The second kappa shape index (κ2) is 5.56. The second-order valence-corrected chi connectivity index (χ2v) is 4.46. The van der Waals surface area contributed by atoms with Crippen molar-refractivity contribution in [3.63, 3.8) is 0 Å². The molecule has 0 bridgehead atoms. The van der Waals surface area contributed by atoms with Gasteiger partial charge in [0, 0.05) is 12.6 Å². The third-order valence-electron chi connectivity index (χ3n) is 2.89. The van der Waals surface area contributed by atoms with Crippen molar-refractivity contribution in [1.29, 1.82) is 0 Å². The minimum absolute atomic E-state index is 0.0702. The number of hydrogen-bond donors (Lipinski definition) is 0. The molecule has 2 atom stereocenters. The Kier molecular flexibility index (Phi) is 4.07. The number of aromatic nitrogens is 1. The molecule has 4 nitrogen and oxygen atoms in total. The number of morpholine rings is 1. The highest BCUT2D eigenvalue weighted by Crippen LogP contribution is 2.22. The van der Waals surface area contributed by atoms with Gasteiger partial charge < -0.3 is 14.4 Å². The first-order valence-corrected chi connectivity index (χ1v) is 6.23. The van der Waals surface area contributed by atoms with Crippen LogP contribution in [-0.4, -0.2) is 43.3 Å². The second-order valence-electron chi connectivity index (χ2n) is 4.15. The molecule has 1 aliphatic rings. The number of alkyl halides is 1. The van der Waals surface area contributed by atoms with E-state index in [1.54, 1.807) is 7.11 Å². The maximum atomic E-state index is 5.84. The summed E-state index contributed by atoms with van der Waals surface area (Å²) in [6.45, 7) is 3.56. The van der Waals surface area contributed by atoms with Gasteiger partial charge in [-0.15, -0.1) is 11.6 Å². The molecule has 1 aromatic rings. The van der Waals surface area contributed by atoms with Gasteiger partial charge in [0.25, 0.3) is 0 Å². The van der Waals surface area contributed by atoms with Crippen molar-refractivity contribution in [1.82, 2.24) is 4.98 Å². The number of rotatable bonds is 3. The molecule has 1 saturated heterocycles. The zero-order valence-corrected chi connectivity index (χ0v) is 10.9. The van der Waals surface area contributed by atoms with Crippen molar-refractivity contribution < 1.29 is 9.47 Å². The lowest BCUT2D eigenvalue weighted by Crippen LogP contribution is -2.49. The van der Waals surface area contributed by atoms with Gasteiger partial charge in [-0.1, -0.05) is 6.07 Å². The molecule has 17 heavy (non-hydrogen) atoms. The lowest BCUT2D eigenvalue weighted by molar-refractivity contribution is 0.0361. The Balaban J connectivity index is 2.18. The Morgan fingerprint density at radius 3 is 3.12 bits per heavy atom. The molecule has 0 aliphatic carbocycles. The number of pyridine rings is 1. The number of methoxy groups -OCH3 is 1. The van der Waals surface area contributed by atoms with E-state index in [-0.39, 0.29) is 6.10 Å². The van der Waals surface area contributed by atoms with Crippen LogP contribution in [0.4, 0.5) is 5.82 Å². The van der Waals surface area contributed by atoms with Crippen LogP contribution in [0.1, 0.15) is 6.92 Å². The van der Waals surface area contributed by atoms with Crippen LogP contribution in [0.25, 0.3) is 0 Å². The largest absolute Gasteiger partial charge is 0.481 e. The van der Waals surface area contributed by atoms with Crippen molar-refractivity contribution in [3.05, 3.63) is 18.2 Å². The van der Waals surface area contributed by atoms with Crippen LogP contribution >= 0.6 is 11.6 Å². The SMILES string of the molecule is COc1cccc(N2CC(CCl)OCC2C)n1. The van der Waals surface area contributed by atoms with E-state index in [1.165, 1.54) is 0 Å². The summed E-state index contributed by atoms with van der Waals surface area (Å²) in [5, 5.41) is 0. The number of hydrogen-bond acceptors (Lipinski definition) is 4. The maximum absolute atomic E-state index is 5.84. The van der Waals surface area contributed by atoms with E-state index in [0.717, 1.165) is 12.4 Å². The zero-order chi connectivity index (χ0) is 12.3. The molecular formula is C12H17ClN2O2. The average Bonchev–Trinajstić information content (AvgIpc) is 2.39. The summed E-state index contributed by atoms with van der Waals surface area (Å²) in [7, 11) is 1.62. The molecule has 0 amide bonds. The first-order valence-electron chi connectivity index (χ1n) is 5.70. The highest BCUT2D eigenvalue weighted by atomic mass is 35.5. The maximum Gasteiger partial charge on any atom is 0.214 e. The molecule has 0 N–H and O–H groups in total. The van der Waals surface area contributed by atoms with E-state index in [4.69, 9.17) is 21.1 Å². The van der Waals surface area contributed by atoms with Crippen molar-refractivity contribution in [2.75, 3.05) is 31.0 Å². The fraction of sp³-hybridized carbons (Fsp3) is 0.583. The minimum Gasteiger partial charge on any atom is -0.481 e. The normalized spacial score (nSPS) is 24.8. The molecule has 1 fully saturated rings. The summed E-state index contributed by atoms with van der Waals surface area (Å²) in [5.41, 5.74) is 0. The van der Waals surface area contributed by atoms with Crippen LogP contribution in [0, 0.1) is 0 Å². The van der Waals surface area contributed by atoms with Crippen LogP contribution in [0.5, 0.6) is 5.88 Å². The van der Waals surface area contributed by atoms with Gasteiger partial charge >= 0.3 is 0 Å². The topological polar surface area (TPSA) is 34.6 Å². The fourth-order valence-corrected chi connectivity index (χ4v) is 2.09. The third kappa shape index (κ3) is 2.82. The Bertz CT molecular complexity index is 375. The van der Waals surface area contributed by atoms with E-state index in [2.05, 4.69) is 16.8 Å².